The van der Waals surface area contributed by atoms with Crippen LogP contribution in [0.2, 0.25) is 5.02 Å². The minimum Gasteiger partial charge on any atom is -0.366 e. The molecule has 1 amide bonds. The second kappa shape index (κ2) is 6.97. The third kappa shape index (κ3) is 3.50. The summed E-state index contributed by atoms with van der Waals surface area (Å²) in [5, 5.41) is 0.430. The molecule has 2 N–H and O–H groups in total. The molecule has 0 aliphatic carbocycles. The van der Waals surface area contributed by atoms with Crippen molar-refractivity contribution in [2.45, 2.75) is 33.1 Å². The van der Waals surface area contributed by atoms with Gasteiger partial charge < -0.3 is 5.73 Å². The molecular formula is C19H22ClNO. The molecule has 0 saturated heterocycles. The lowest BCUT2D eigenvalue weighted by Gasteiger charge is -2.19. The summed E-state index contributed by atoms with van der Waals surface area (Å²) in [6, 6.07) is 13.7. The molecule has 0 fully saturated rings. The topological polar surface area (TPSA) is 43.1 Å². The number of benzene rings is 2. The highest BCUT2D eigenvalue weighted by Crippen LogP contribution is 2.37. The monoisotopic (exact) mass is 315 g/mol. The number of carbonyl (C=O) groups is 1. The molecule has 116 valence electrons. The van der Waals surface area contributed by atoms with Gasteiger partial charge in [-0.2, -0.15) is 0 Å². The zero-order valence-corrected chi connectivity index (χ0v) is 14.0. The minimum absolute atomic E-state index is 0.366. The summed E-state index contributed by atoms with van der Waals surface area (Å²) in [5.41, 5.74) is 8.96. The molecule has 2 rings (SSSR count). The van der Waals surface area contributed by atoms with Gasteiger partial charge in [0.2, 0.25) is 5.91 Å². The van der Waals surface area contributed by atoms with E-state index in [2.05, 4.69) is 32.9 Å². The average Bonchev–Trinajstić information content (AvgIpc) is 2.46. The first-order chi connectivity index (χ1) is 10.4. The van der Waals surface area contributed by atoms with Gasteiger partial charge in [0, 0.05) is 5.56 Å². The average molecular weight is 316 g/mol. The maximum Gasteiger partial charge on any atom is 0.250 e. The molecule has 0 bridgehead atoms. The van der Waals surface area contributed by atoms with Gasteiger partial charge in [0.1, 0.15) is 0 Å². The zero-order valence-electron chi connectivity index (χ0n) is 13.3. The van der Waals surface area contributed by atoms with Crippen LogP contribution in [0.4, 0.5) is 0 Å². The lowest BCUT2D eigenvalue weighted by molar-refractivity contribution is 0.100. The lowest BCUT2D eigenvalue weighted by atomic mass is 9.86. The van der Waals surface area contributed by atoms with Crippen molar-refractivity contribution in [2.75, 3.05) is 0 Å². The summed E-state index contributed by atoms with van der Waals surface area (Å²) < 4.78 is 0. The van der Waals surface area contributed by atoms with Gasteiger partial charge in [-0.05, 0) is 35.4 Å². The Morgan fingerprint density at radius 1 is 1.05 bits per heavy atom. The van der Waals surface area contributed by atoms with Gasteiger partial charge in [-0.3, -0.25) is 4.79 Å². The molecule has 0 saturated carbocycles. The Hall–Kier alpha value is -1.80. The number of halogens is 1. The van der Waals surface area contributed by atoms with Crippen molar-refractivity contribution < 1.29 is 4.79 Å². The quantitative estimate of drug-likeness (QED) is 0.804. The van der Waals surface area contributed by atoms with Gasteiger partial charge in [-0.1, -0.05) is 68.8 Å². The maximum absolute atomic E-state index is 11.5. The Kier molecular flexibility index (Phi) is 5.25. The highest BCUT2D eigenvalue weighted by Gasteiger charge is 2.17. The van der Waals surface area contributed by atoms with E-state index < -0.39 is 5.91 Å². The van der Waals surface area contributed by atoms with E-state index in [0.29, 0.717) is 22.4 Å². The van der Waals surface area contributed by atoms with Crippen LogP contribution in [0.15, 0.2) is 42.5 Å². The minimum atomic E-state index is -0.500. The number of nitrogens with two attached hydrogens (primary N) is 1. The van der Waals surface area contributed by atoms with Crippen LogP contribution < -0.4 is 5.73 Å². The molecule has 3 heteroatoms. The van der Waals surface area contributed by atoms with E-state index in [0.717, 1.165) is 17.5 Å². The van der Waals surface area contributed by atoms with Crippen molar-refractivity contribution in [1.82, 2.24) is 0 Å². The zero-order chi connectivity index (χ0) is 16.3. The van der Waals surface area contributed by atoms with Crippen LogP contribution in [-0.4, -0.2) is 5.91 Å². The summed E-state index contributed by atoms with van der Waals surface area (Å²) in [5.74, 6) is 0.541. The molecule has 22 heavy (non-hydrogen) atoms. The molecule has 0 aliphatic rings. The predicted molar refractivity (Wildman–Crippen MR) is 93.3 cm³/mol. The van der Waals surface area contributed by atoms with Crippen LogP contribution >= 0.6 is 11.6 Å². The van der Waals surface area contributed by atoms with Crippen molar-refractivity contribution in [3.8, 4) is 11.1 Å². The van der Waals surface area contributed by atoms with Gasteiger partial charge in [0.25, 0.3) is 0 Å². The third-order valence-corrected chi connectivity index (χ3v) is 4.28. The fraction of sp³-hybridized carbons (Fsp3) is 0.316. The lowest BCUT2D eigenvalue weighted by Crippen LogP contribution is -2.12. The Labute approximate surface area is 137 Å². The number of rotatable bonds is 5. The Bertz CT molecular complexity index is 679. The maximum atomic E-state index is 11.5. The number of hydrogen-bond donors (Lipinski definition) is 1. The van der Waals surface area contributed by atoms with Crippen molar-refractivity contribution in [1.29, 1.82) is 0 Å². The second-order valence-corrected chi connectivity index (χ2v) is 6.53. The SMILES string of the molecule is CC(C)CC(C)c1ccccc1-c1cccc(C(N)=O)c1Cl. The summed E-state index contributed by atoms with van der Waals surface area (Å²) >= 11 is 6.42. The van der Waals surface area contributed by atoms with Gasteiger partial charge in [0.15, 0.2) is 0 Å². The molecule has 0 aliphatic heterocycles. The van der Waals surface area contributed by atoms with Gasteiger partial charge >= 0.3 is 0 Å². The second-order valence-electron chi connectivity index (χ2n) is 6.15. The molecule has 2 nitrogen and oxygen atoms in total. The molecular weight excluding hydrogens is 294 g/mol. The largest absolute Gasteiger partial charge is 0.366 e. The van der Waals surface area contributed by atoms with Crippen molar-refractivity contribution in [2.24, 2.45) is 11.7 Å². The molecule has 0 radical (unpaired) electrons. The fourth-order valence-electron chi connectivity index (χ4n) is 2.94. The normalized spacial score (nSPS) is 12.4. The number of amides is 1. The molecule has 1 atom stereocenters. The number of hydrogen-bond acceptors (Lipinski definition) is 1. The highest BCUT2D eigenvalue weighted by molar-refractivity contribution is 6.36. The van der Waals surface area contributed by atoms with Gasteiger partial charge in [-0.25, -0.2) is 0 Å². The van der Waals surface area contributed by atoms with Crippen molar-refractivity contribution >= 4 is 17.5 Å². The first kappa shape index (κ1) is 16.6. The first-order valence-corrected chi connectivity index (χ1v) is 7.97. The van der Waals surface area contributed by atoms with Crippen LogP contribution in [0.25, 0.3) is 11.1 Å². The van der Waals surface area contributed by atoms with E-state index in [1.807, 2.05) is 24.3 Å². The van der Waals surface area contributed by atoms with Gasteiger partial charge in [0.05, 0.1) is 10.6 Å². The molecule has 2 aromatic rings. The smallest absolute Gasteiger partial charge is 0.250 e. The van der Waals surface area contributed by atoms with Gasteiger partial charge in [-0.15, -0.1) is 0 Å². The standard InChI is InChI=1S/C19H22ClNO/c1-12(2)11-13(3)14-7-4-5-8-15(14)16-9-6-10-17(18(16)20)19(21)22/h4-10,12-13H,11H2,1-3H3,(H2,21,22). The first-order valence-electron chi connectivity index (χ1n) is 7.59. The third-order valence-electron chi connectivity index (χ3n) is 3.87. The Balaban J connectivity index is 2.55. The molecule has 0 heterocycles. The number of primary amides is 1. The van der Waals surface area contributed by atoms with Crippen molar-refractivity contribution in [3.05, 3.63) is 58.6 Å². The Morgan fingerprint density at radius 3 is 2.32 bits per heavy atom. The Morgan fingerprint density at radius 2 is 1.68 bits per heavy atom. The van der Waals surface area contributed by atoms with Crippen LogP contribution in [-0.2, 0) is 0 Å². The van der Waals surface area contributed by atoms with E-state index in [1.54, 1.807) is 6.07 Å². The van der Waals surface area contributed by atoms with Crippen LogP contribution in [0.1, 0.15) is 49.0 Å². The molecule has 0 aromatic heterocycles. The molecule has 2 aromatic carbocycles. The van der Waals surface area contributed by atoms with E-state index in [9.17, 15) is 4.79 Å². The number of carbonyl (C=O) groups excluding carboxylic acids is 1. The highest BCUT2D eigenvalue weighted by atomic mass is 35.5. The van der Waals surface area contributed by atoms with Crippen LogP contribution in [0, 0.1) is 5.92 Å². The van der Waals surface area contributed by atoms with Crippen LogP contribution in [0.5, 0.6) is 0 Å². The fourth-order valence-corrected chi connectivity index (χ4v) is 3.26. The van der Waals surface area contributed by atoms with E-state index >= 15 is 0 Å². The van der Waals surface area contributed by atoms with Crippen LogP contribution in [0.3, 0.4) is 0 Å². The predicted octanol–water partition coefficient (Wildman–Crippen LogP) is 5.26. The summed E-state index contributed by atoms with van der Waals surface area (Å²) in [6.45, 7) is 6.67. The molecule has 1 unspecified atom stereocenters. The van der Waals surface area contributed by atoms with E-state index in [1.165, 1.54) is 5.56 Å². The summed E-state index contributed by atoms with van der Waals surface area (Å²) in [6.07, 6.45) is 1.10. The molecule has 0 spiro atoms. The summed E-state index contributed by atoms with van der Waals surface area (Å²) in [7, 11) is 0. The summed E-state index contributed by atoms with van der Waals surface area (Å²) in [4.78, 5) is 11.5. The van der Waals surface area contributed by atoms with Crippen molar-refractivity contribution in [3.63, 3.8) is 0 Å². The van der Waals surface area contributed by atoms with E-state index in [4.69, 9.17) is 17.3 Å². The van der Waals surface area contributed by atoms with E-state index in [-0.39, 0.29) is 0 Å².